The molecule has 0 amide bonds. The third kappa shape index (κ3) is 5.04. The fourth-order valence-corrected chi connectivity index (χ4v) is 2.75. The second-order valence-electron chi connectivity index (χ2n) is 5.86. The molecule has 0 radical (unpaired) electrons. The number of sulfone groups is 1. The maximum atomic E-state index is 11.3. The fraction of sp³-hybridized carbons (Fsp3) is 0.467. The van der Waals surface area contributed by atoms with E-state index in [9.17, 15) is 18.0 Å². The summed E-state index contributed by atoms with van der Waals surface area (Å²) in [6.45, 7) is 6.38. The highest BCUT2D eigenvalue weighted by molar-refractivity contribution is 7.92. The molecule has 2 aliphatic heterocycles. The molecule has 2 heterocycles. The summed E-state index contributed by atoms with van der Waals surface area (Å²) in [5.74, 6) is -2.20. The summed E-state index contributed by atoms with van der Waals surface area (Å²) in [6.07, 6.45) is 0. The molecule has 0 spiro atoms. The molecule has 1 atom stereocenters. The third-order valence-corrected chi connectivity index (χ3v) is 4.51. The topological polar surface area (TPSA) is 113 Å². The minimum Gasteiger partial charge on any atom is -0.459 e. The van der Waals surface area contributed by atoms with Crippen LogP contribution in [-0.2, 0) is 28.9 Å². The first-order valence-electron chi connectivity index (χ1n) is 6.94. The van der Waals surface area contributed by atoms with Gasteiger partial charge in [0.25, 0.3) is 0 Å². The van der Waals surface area contributed by atoms with Crippen molar-refractivity contribution in [3.05, 3.63) is 24.3 Å². The number of nitrogens with two attached hydrogens (primary N) is 1. The van der Waals surface area contributed by atoms with Crippen LogP contribution in [0.5, 0.6) is 0 Å². The Morgan fingerprint density at radius 3 is 2.00 bits per heavy atom. The molecule has 0 saturated heterocycles. The van der Waals surface area contributed by atoms with E-state index in [1.165, 1.54) is 6.92 Å². The minimum absolute atomic E-state index is 0.230. The van der Waals surface area contributed by atoms with Crippen molar-refractivity contribution in [1.29, 1.82) is 0 Å². The van der Waals surface area contributed by atoms with Crippen molar-refractivity contribution >= 4 is 21.8 Å². The Morgan fingerprint density at radius 1 is 1.17 bits per heavy atom. The van der Waals surface area contributed by atoms with Gasteiger partial charge in [-0.1, -0.05) is 6.07 Å². The van der Waals surface area contributed by atoms with Crippen LogP contribution >= 0.6 is 0 Å². The maximum absolute atomic E-state index is 11.3. The lowest BCUT2D eigenvalue weighted by Crippen LogP contribution is -2.32. The molecule has 2 N–H and O–H groups in total. The molecular formula is C15H21NO6S. The summed E-state index contributed by atoms with van der Waals surface area (Å²) >= 11 is 0. The maximum Gasteiger partial charge on any atom is 0.321 e. The van der Waals surface area contributed by atoms with Crippen molar-refractivity contribution in [1.82, 2.24) is 0 Å². The monoisotopic (exact) mass is 343 g/mol. The van der Waals surface area contributed by atoms with Crippen LogP contribution in [0.3, 0.4) is 0 Å². The minimum atomic E-state index is -2.93. The first-order chi connectivity index (χ1) is 10.5. The van der Waals surface area contributed by atoms with Gasteiger partial charge >= 0.3 is 11.9 Å². The molecule has 0 aliphatic carbocycles. The van der Waals surface area contributed by atoms with E-state index in [1.54, 1.807) is 45.0 Å². The van der Waals surface area contributed by atoms with E-state index >= 15 is 0 Å². The number of hydrogen-bond acceptors (Lipinski definition) is 7. The van der Waals surface area contributed by atoms with Crippen molar-refractivity contribution in [2.45, 2.75) is 43.1 Å². The predicted octanol–water partition coefficient (Wildman–Crippen LogP) is 1.26. The smallest absolute Gasteiger partial charge is 0.321 e. The summed E-state index contributed by atoms with van der Waals surface area (Å²) in [5, 5.41) is 0. The van der Waals surface area contributed by atoms with Gasteiger partial charge in [-0.15, -0.1) is 0 Å². The van der Waals surface area contributed by atoms with E-state index in [0.29, 0.717) is 9.79 Å². The Bertz CT molecular complexity index is 657. The summed E-state index contributed by atoms with van der Waals surface area (Å²) in [7, 11) is -2.93. The van der Waals surface area contributed by atoms with E-state index in [2.05, 4.69) is 4.74 Å². The highest BCUT2D eigenvalue weighted by Gasteiger charge is 2.28. The van der Waals surface area contributed by atoms with Gasteiger partial charge in [-0.2, -0.15) is 0 Å². The highest BCUT2D eigenvalue weighted by atomic mass is 32.2. The second kappa shape index (κ2) is 7.10. The van der Waals surface area contributed by atoms with Crippen molar-refractivity contribution in [2.75, 3.05) is 6.73 Å². The lowest BCUT2D eigenvalue weighted by molar-refractivity contribution is -0.168. The van der Waals surface area contributed by atoms with Crippen LogP contribution in [0.2, 0.25) is 0 Å². The number of rotatable bonds is 3. The molecule has 23 heavy (non-hydrogen) atoms. The molecule has 8 heteroatoms. The largest absolute Gasteiger partial charge is 0.459 e. The van der Waals surface area contributed by atoms with Crippen LogP contribution in [0.1, 0.15) is 27.7 Å². The molecule has 3 rings (SSSR count). The van der Waals surface area contributed by atoms with Gasteiger partial charge in [0.15, 0.2) is 5.92 Å². The summed E-state index contributed by atoms with van der Waals surface area (Å²) in [4.78, 5) is 23.3. The normalized spacial score (nSPS) is 15.3. The van der Waals surface area contributed by atoms with E-state index in [-0.39, 0.29) is 6.73 Å². The molecule has 7 nitrogen and oxygen atoms in total. The van der Waals surface area contributed by atoms with Gasteiger partial charge in [0.05, 0.1) is 9.79 Å². The molecule has 2 aliphatic rings. The molecule has 0 saturated carbocycles. The quantitative estimate of drug-likeness (QED) is 0.507. The van der Waals surface area contributed by atoms with Gasteiger partial charge in [0, 0.05) is 0 Å². The molecule has 1 aromatic carbocycles. The second-order valence-corrected chi connectivity index (χ2v) is 7.81. The van der Waals surface area contributed by atoms with E-state index in [0.717, 1.165) is 0 Å². The van der Waals surface area contributed by atoms with Crippen LogP contribution in [0.4, 0.5) is 0 Å². The molecular weight excluding hydrogens is 322 g/mol. The molecule has 2 bridgehead atoms. The fourth-order valence-electron chi connectivity index (χ4n) is 1.58. The number of carbonyl (C=O) groups is 2. The SMILES string of the molecule is CC(C(=O)OCN)C(=O)OC(C)(C)C.O=S1(=O)c2cccc1c2. The standard InChI is InChI=1S/C9H17NO4.C6H4O2S/c1-6(7(11)13-5-10)8(12)14-9(2,3)4;7-9(8)5-2-1-3-6(9)4-5/h6H,5,10H2,1-4H3;1-4H. The third-order valence-electron chi connectivity index (χ3n) is 2.77. The Labute approximate surface area is 135 Å². The van der Waals surface area contributed by atoms with Crippen LogP contribution in [0, 0.1) is 5.92 Å². The van der Waals surface area contributed by atoms with E-state index in [4.69, 9.17) is 10.5 Å². The number of fused-ring (bicyclic) bond motifs is 2. The van der Waals surface area contributed by atoms with Gasteiger partial charge in [0.1, 0.15) is 12.3 Å². The van der Waals surface area contributed by atoms with Gasteiger partial charge < -0.3 is 9.47 Å². The van der Waals surface area contributed by atoms with Crippen molar-refractivity contribution in [3.8, 4) is 0 Å². The first-order valence-corrected chi connectivity index (χ1v) is 8.42. The van der Waals surface area contributed by atoms with Crippen molar-refractivity contribution in [3.63, 3.8) is 0 Å². The van der Waals surface area contributed by atoms with Crippen molar-refractivity contribution in [2.24, 2.45) is 11.7 Å². The number of benzene rings is 1. The summed E-state index contributed by atoms with van der Waals surface area (Å²) < 4.78 is 31.2. The van der Waals surface area contributed by atoms with Gasteiger partial charge in [-0.05, 0) is 45.9 Å². The van der Waals surface area contributed by atoms with Gasteiger partial charge in [-0.25, -0.2) is 8.42 Å². The average molecular weight is 343 g/mol. The molecule has 1 unspecified atom stereocenters. The molecule has 0 aromatic heterocycles. The van der Waals surface area contributed by atoms with Crippen LogP contribution in [0.25, 0.3) is 0 Å². The van der Waals surface area contributed by atoms with Gasteiger partial charge in [0.2, 0.25) is 9.84 Å². The number of hydrogen-bond donors (Lipinski definition) is 1. The lowest BCUT2D eigenvalue weighted by atomic mass is 10.1. The highest BCUT2D eigenvalue weighted by Crippen LogP contribution is 2.30. The van der Waals surface area contributed by atoms with E-state index < -0.39 is 33.3 Å². The Morgan fingerprint density at radius 2 is 1.70 bits per heavy atom. The zero-order valence-corrected chi connectivity index (χ0v) is 14.3. The lowest BCUT2D eigenvalue weighted by Gasteiger charge is -2.21. The van der Waals surface area contributed by atoms with E-state index in [1.807, 2.05) is 0 Å². The average Bonchev–Trinajstić information content (AvgIpc) is 2.46. The first kappa shape index (κ1) is 19.1. The molecule has 128 valence electrons. The predicted molar refractivity (Wildman–Crippen MR) is 82.0 cm³/mol. The van der Waals surface area contributed by atoms with Crippen LogP contribution in [-0.4, -0.2) is 32.7 Å². The summed E-state index contributed by atoms with van der Waals surface area (Å²) in [6, 6.07) is 6.60. The molecule has 1 aromatic rings. The number of carbonyl (C=O) groups excluding carboxylic acids is 2. The number of esters is 2. The Kier molecular flexibility index (Phi) is 5.90. The zero-order valence-electron chi connectivity index (χ0n) is 13.5. The number of ether oxygens (including phenoxy) is 2. The van der Waals surface area contributed by atoms with Crippen LogP contribution in [0.15, 0.2) is 34.1 Å². The van der Waals surface area contributed by atoms with Crippen molar-refractivity contribution < 1.29 is 27.5 Å². The Hall–Kier alpha value is -1.93. The van der Waals surface area contributed by atoms with Crippen LogP contribution < -0.4 is 5.73 Å². The summed E-state index contributed by atoms with van der Waals surface area (Å²) in [5.41, 5.74) is 4.40. The zero-order chi connectivity index (χ0) is 17.8. The Balaban J connectivity index is 0.000000248. The van der Waals surface area contributed by atoms with Gasteiger partial charge in [-0.3, -0.25) is 15.3 Å². The molecule has 0 fully saturated rings.